The minimum absolute atomic E-state index is 0.0919. The van der Waals surface area contributed by atoms with E-state index in [0.29, 0.717) is 24.7 Å². The number of rotatable bonds is 6. The van der Waals surface area contributed by atoms with Crippen molar-refractivity contribution < 1.29 is 19.3 Å². The Labute approximate surface area is 123 Å². The number of benzene rings is 2. The van der Waals surface area contributed by atoms with Crippen molar-refractivity contribution in [3.8, 4) is 11.5 Å². The highest BCUT2D eigenvalue weighted by atomic mass is 16.6. The summed E-state index contributed by atoms with van der Waals surface area (Å²) in [6.07, 6.45) is -0.701. The van der Waals surface area contributed by atoms with E-state index in [1.807, 2.05) is 42.5 Å². The average Bonchev–Trinajstić information content (AvgIpc) is 3.38. The van der Waals surface area contributed by atoms with Crippen LogP contribution in [0.2, 0.25) is 0 Å². The second-order valence-corrected chi connectivity index (χ2v) is 5.00. The van der Waals surface area contributed by atoms with E-state index in [1.54, 1.807) is 13.2 Å². The highest BCUT2D eigenvalue weighted by Crippen LogP contribution is 2.34. The van der Waals surface area contributed by atoms with Gasteiger partial charge < -0.3 is 19.3 Å². The van der Waals surface area contributed by atoms with Gasteiger partial charge in [-0.25, -0.2) is 0 Å². The summed E-state index contributed by atoms with van der Waals surface area (Å²) in [6, 6.07) is 15.4. The zero-order valence-corrected chi connectivity index (χ0v) is 11.9. The second-order valence-electron chi connectivity index (χ2n) is 5.00. The van der Waals surface area contributed by atoms with Crippen LogP contribution >= 0.6 is 0 Å². The molecule has 0 spiro atoms. The smallest absolute Gasteiger partial charge is 0.161 e. The predicted molar refractivity (Wildman–Crippen MR) is 78.5 cm³/mol. The van der Waals surface area contributed by atoms with Crippen LogP contribution in [0.5, 0.6) is 11.5 Å². The third-order valence-electron chi connectivity index (χ3n) is 3.48. The Kier molecular flexibility index (Phi) is 4.08. The first-order valence-electron chi connectivity index (χ1n) is 6.92. The van der Waals surface area contributed by atoms with Gasteiger partial charge in [0.05, 0.1) is 13.7 Å². The molecule has 2 atom stereocenters. The van der Waals surface area contributed by atoms with Gasteiger partial charge in [-0.1, -0.05) is 36.4 Å². The predicted octanol–water partition coefficient (Wildman–Crippen LogP) is 2.71. The SMILES string of the molecule is COc1cc([C@H](O)[C@H]2CO2)ccc1OCc1ccccc1. The molecular weight excluding hydrogens is 268 g/mol. The fourth-order valence-corrected chi connectivity index (χ4v) is 2.18. The van der Waals surface area contributed by atoms with E-state index >= 15 is 0 Å². The summed E-state index contributed by atoms with van der Waals surface area (Å²) in [7, 11) is 1.59. The number of epoxide rings is 1. The normalized spacial score (nSPS) is 18.1. The van der Waals surface area contributed by atoms with E-state index in [4.69, 9.17) is 14.2 Å². The maximum Gasteiger partial charge on any atom is 0.161 e. The summed E-state index contributed by atoms with van der Waals surface area (Å²) >= 11 is 0. The maximum absolute atomic E-state index is 10.1. The number of methoxy groups -OCH3 is 1. The van der Waals surface area contributed by atoms with Crippen LogP contribution in [0.1, 0.15) is 17.2 Å². The number of hydrogen-bond donors (Lipinski definition) is 1. The monoisotopic (exact) mass is 286 g/mol. The van der Waals surface area contributed by atoms with Crippen molar-refractivity contribution in [3.05, 3.63) is 59.7 Å². The van der Waals surface area contributed by atoms with Crippen molar-refractivity contribution in [3.63, 3.8) is 0 Å². The highest BCUT2D eigenvalue weighted by Gasteiger charge is 2.32. The quantitative estimate of drug-likeness (QED) is 0.830. The van der Waals surface area contributed by atoms with Crippen molar-refractivity contribution in [2.45, 2.75) is 18.8 Å². The molecule has 0 saturated carbocycles. The van der Waals surface area contributed by atoms with Crippen molar-refractivity contribution >= 4 is 0 Å². The standard InChI is InChI=1S/C17H18O4/c1-19-15-9-13(17(18)16-11-21-16)7-8-14(15)20-10-12-5-3-2-4-6-12/h2-9,16-18H,10-11H2,1H3/t16-,17+/m1/s1. The largest absolute Gasteiger partial charge is 0.493 e. The molecule has 1 aliphatic heterocycles. The molecule has 4 nitrogen and oxygen atoms in total. The van der Waals surface area contributed by atoms with Crippen LogP contribution in [0.25, 0.3) is 0 Å². The molecule has 110 valence electrons. The Balaban J connectivity index is 1.72. The minimum atomic E-state index is -0.609. The Morgan fingerprint density at radius 2 is 1.95 bits per heavy atom. The van der Waals surface area contributed by atoms with E-state index in [9.17, 15) is 5.11 Å². The molecule has 0 radical (unpaired) electrons. The lowest BCUT2D eigenvalue weighted by Gasteiger charge is -2.14. The fourth-order valence-electron chi connectivity index (χ4n) is 2.18. The van der Waals surface area contributed by atoms with Gasteiger partial charge in [0.2, 0.25) is 0 Å². The average molecular weight is 286 g/mol. The molecular formula is C17H18O4. The molecule has 1 aliphatic rings. The van der Waals surface area contributed by atoms with Crippen LogP contribution in [0.4, 0.5) is 0 Å². The zero-order chi connectivity index (χ0) is 14.7. The summed E-state index contributed by atoms with van der Waals surface area (Å²) in [4.78, 5) is 0. The van der Waals surface area contributed by atoms with Crippen LogP contribution in [0.15, 0.2) is 48.5 Å². The molecule has 1 N–H and O–H groups in total. The first-order valence-corrected chi connectivity index (χ1v) is 6.92. The van der Waals surface area contributed by atoms with E-state index < -0.39 is 6.10 Å². The Bertz CT molecular complexity index is 593. The van der Waals surface area contributed by atoms with Gasteiger partial charge in [0.25, 0.3) is 0 Å². The van der Waals surface area contributed by atoms with Gasteiger partial charge >= 0.3 is 0 Å². The summed E-state index contributed by atoms with van der Waals surface area (Å²) in [5.74, 6) is 1.28. The van der Waals surface area contributed by atoms with Gasteiger partial charge in [-0.05, 0) is 23.3 Å². The third kappa shape index (κ3) is 3.35. The fraction of sp³-hybridized carbons (Fsp3) is 0.294. The third-order valence-corrected chi connectivity index (χ3v) is 3.48. The van der Waals surface area contributed by atoms with Crippen LogP contribution < -0.4 is 9.47 Å². The number of aliphatic hydroxyl groups is 1. The van der Waals surface area contributed by atoms with Crippen LogP contribution in [0, 0.1) is 0 Å². The molecule has 2 aromatic rings. The maximum atomic E-state index is 10.1. The zero-order valence-electron chi connectivity index (χ0n) is 11.9. The minimum Gasteiger partial charge on any atom is -0.493 e. The lowest BCUT2D eigenvalue weighted by atomic mass is 10.1. The highest BCUT2D eigenvalue weighted by molar-refractivity contribution is 5.44. The van der Waals surface area contributed by atoms with Crippen molar-refractivity contribution in [1.29, 1.82) is 0 Å². The Hall–Kier alpha value is -2.04. The molecule has 1 fully saturated rings. The van der Waals surface area contributed by atoms with Crippen LogP contribution in [0.3, 0.4) is 0 Å². The number of hydrogen-bond acceptors (Lipinski definition) is 4. The van der Waals surface area contributed by atoms with Gasteiger partial charge in [0, 0.05) is 0 Å². The topological polar surface area (TPSA) is 51.2 Å². The van der Waals surface area contributed by atoms with Crippen LogP contribution in [-0.2, 0) is 11.3 Å². The lowest BCUT2D eigenvalue weighted by Crippen LogP contribution is -2.06. The second kappa shape index (κ2) is 6.16. The molecule has 0 aliphatic carbocycles. The van der Waals surface area contributed by atoms with Crippen molar-refractivity contribution in [2.24, 2.45) is 0 Å². The number of aliphatic hydroxyl groups excluding tert-OH is 1. The van der Waals surface area contributed by atoms with Crippen molar-refractivity contribution in [2.75, 3.05) is 13.7 Å². The van der Waals surface area contributed by atoms with E-state index in [1.165, 1.54) is 0 Å². The molecule has 1 saturated heterocycles. The number of ether oxygens (including phenoxy) is 3. The van der Waals surface area contributed by atoms with Crippen LogP contribution in [-0.4, -0.2) is 24.9 Å². The Morgan fingerprint density at radius 1 is 1.19 bits per heavy atom. The molecule has 4 heteroatoms. The van der Waals surface area contributed by atoms with Crippen molar-refractivity contribution in [1.82, 2.24) is 0 Å². The Morgan fingerprint density at radius 3 is 2.62 bits per heavy atom. The molecule has 0 unspecified atom stereocenters. The summed E-state index contributed by atoms with van der Waals surface area (Å²) in [5.41, 5.74) is 1.87. The van der Waals surface area contributed by atoms with Gasteiger partial charge in [-0.3, -0.25) is 0 Å². The summed E-state index contributed by atoms with van der Waals surface area (Å²) in [6.45, 7) is 1.08. The molecule has 0 amide bonds. The molecule has 0 aromatic heterocycles. The van der Waals surface area contributed by atoms with Gasteiger partial charge in [-0.15, -0.1) is 0 Å². The molecule has 0 bridgehead atoms. The molecule has 3 rings (SSSR count). The van der Waals surface area contributed by atoms with E-state index in [2.05, 4.69) is 0 Å². The van der Waals surface area contributed by atoms with Gasteiger partial charge in [0.1, 0.15) is 18.8 Å². The molecule has 1 heterocycles. The summed E-state index contributed by atoms with van der Waals surface area (Å²) < 4.78 is 16.2. The summed E-state index contributed by atoms with van der Waals surface area (Å²) in [5, 5.41) is 10.1. The first-order chi connectivity index (χ1) is 10.3. The lowest BCUT2D eigenvalue weighted by molar-refractivity contribution is 0.136. The molecule has 21 heavy (non-hydrogen) atoms. The molecule has 2 aromatic carbocycles. The van der Waals surface area contributed by atoms with Gasteiger partial charge in [0.15, 0.2) is 11.5 Å². The first kappa shape index (κ1) is 13.9. The van der Waals surface area contributed by atoms with E-state index in [-0.39, 0.29) is 6.10 Å². The van der Waals surface area contributed by atoms with E-state index in [0.717, 1.165) is 11.1 Å². The van der Waals surface area contributed by atoms with Gasteiger partial charge in [-0.2, -0.15) is 0 Å².